The zero-order valence-electron chi connectivity index (χ0n) is 10.2. The molecule has 0 unspecified atom stereocenters. The molecule has 0 bridgehead atoms. The maximum Gasteiger partial charge on any atom is 0.233 e. The SMILES string of the molecule is CC(C)Oc1cncc(-c2ccc(N)c(F)c2)n1. The van der Waals surface area contributed by atoms with Gasteiger partial charge in [-0.2, -0.15) is 0 Å². The number of halogens is 1. The van der Waals surface area contributed by atoms with Gasteiger partial charge in [-0.05, 0) is 26.0 Å². The van der Waals surface area contributed by atoms with Crippen molar-refractivity contribution in [1.29, 1.82) is 0 Å². The van der Waals surface area contributed by atoms with E-state index in [0.717, 1.165) is 0 Å². The van der Waals surface area contributed by atoms with E-state index in [0.29, 0.717) is 17.1 Å². The number of aromatic nitrogens is 2. The van der Waals surface area contributed by atoms with Gasteiger partial charge in [0, 0.05) is 5.56 Å². The molecule has 1 aromatic carbocycles. The van der Waals surface area contributed by atoms with Gasteiger partial charge in [0.05, 0.1) is 29.9 Å². The van der Waals surface area contributed by atoms with Gasteiger partial charge in [0.15, 0.2) is 0 Å². The zero-order valence-corrected chi connectivity index (χ0v) is 10.2. The minimum absolute atomic E-state index is 0.0118. The Labute approximate surface area is 105 Å². The van der Waals surface area contributed by atoms with Crippen molar-refractivity contribution in [2.45, 2.75) is 20.0 Å². The lowest BCUT2D eigenvalue weighted by molar-refractivity contribution is 0.232. The van der Waals surface area contributed by atoms with Gasteiger partial charge in [0.25, 0.3) is 0 Å². The monoisotopic (exact) mass is 247 g/mol. The lowest BCUT2D eigenvalue weighted by atomic mass is 10.1. The number of rotatable bonds is 3. The summed E-state index contributed by atoms with van der Waals surface area (Å²) in [7, 11) is 0. The summed E-state index contributed by atoms with van der Waals surface area (Å²) in [5.41, 5.74) is 6.70. The summed E-state index contributed by atoms with van der Waals surface area (Å²) in [6.45, 7) is 3.80. The minimum atomic E-state index is -0.468. The maximum atomic E-state index is 13.4. The van der Waals surface area contributed by atoms with E-state index in [1.54, 1.807) is 12.3 Å². The number of benzene rings is 1. The van der Waals surface area contributed by atoms with Gasteiger partial charge in [-0.1, -0.05) is 6.07 Å². The molecule has 0 radical (unpaired) electrons. The molecule has 0 saturated carbocycles. The minimum Gasteiger partial charge on any atom is -0.474 e. The number of nitrogens with two attached hydrogens (primary N) is 1. The molecular weight excluding hydrogens is 233 g/mol. The van der Waals surface area contributed by atoms with Crippen molar-refractivity contribution in [2.24, 2.45) is 0 Å². The summed E-state index contributed by atoms with van der Waals surface area (Å²) in [5.74, 6) is -0.0517. The van der Waals surface area contributed by atoms with Crippen LogP contribution in [0.1, 0.15) is 13.8 Å². The fraction of sp³-hybridized carbons (Fsp3) is 0.231. The summed E-state index contributed by atoms with van der Waals surface area (Å²) >= 11 is 0. The van der Waals surface area contributed by atoms with E-state index in [9.17, 15) is 4.39 Å². The molecule has 0 atom stereocenters. The van der Waals surface area contributed by atoms with E-state index in [-0.39, 0.29) is 11.8 Å². The van der Waals surface area contributed by atoms with Crippen LogP contribution in [0.4, 0.5) is 10.1 Å². The van der Waals surface area contributed by atoms with E-state index in [1.807, 2.05) is 13.8 Å². The Morgan fingerprint density at radius 1 is 1.28 bits per heavy atom. The van der Waals surface area contributed by atoms with Gasteiger partial charge in [-0.25, -0.2) is 9.37 Å². The normalized spacial score (nSPS) is 10.7. The number of hydrogen-bond donors (Lipinski definition) is 1. The third kappa shape index (κ3) is 2.74. The van der Waals surface area contributed by atoms with E-state index in [1.165, 1.54) is 18.3 Å². The maximum absolute atomic E-state index is 13.4. The molecule has 2 N–H and O–H groups in total. The van der Waals surface area contributed by atoms with Crippen LogP contribution < -0.4 is 10.5 Å². The van der Waals surface area contributed by atoms with Gasteiger partial charge >= 0.3 is 0 Å². The van der Waals surface area contributed by atoms with Gasteiger partial charge in [-0.3, -0.25) is 4.98 Å². The third-order valence-corrected chi connectivity index (χ3v) is 2.27. The highest BCUT2D eigenvalue weighted by atomic mass is 19.1. The van der Waals surface area contributed by atoms with Crippen molar-refractivity contribution in [3.05, 3.63) is 36.4 Å². The summed E-state index contributed by atoms with van der Waals surface area (Å²) in [6, 6.07) is 4.53. The van der Waals surface area contributed by atoms with Crippen LogP contribution in [0, 0.1) is 5.82 Å². The van der Waals surface area contributed by atoms with Gasteiger partial charge < -0.3 is 10.5 Å². The number of nitrogens with zero attached hydrogens (tertiary/aromatic N) is 2. The van der Waals surface area contributed by atoms with Crippen LogP contribution in [0.2, 0.25) is 0 Å². The van der Waals surface area contributed by atoms with Crippen molar-refractivity contribution in [2.75, 3.05) is 5.73 Å². The molecule has 2 rings (SSSR count). The average molecular weight is 247 g/mol. The molecule has 0 aliphatic carbocycles. The molecule has 0 spiro atoms. The number of ether oxygens (including phenoxy) is 1. The average Bonchev–Trinajstić information content (AvgIpc) is 2.32. The van der Waals surface area contributed by atoms with E-state index in [2.05, 4.69) is 9.97 Å². The van der Waals surface area contributed by atoms with Gasteiger partial charge in [0.2, 0.25) is 5.88 Å². The molecule has 1 heterocycles. The molecule has 2 aromatic rings. The first-order valence-corrected chi connectivity index (χ1v) is 5.60. The first-order valence-electron chi connectivity index (χ1n) is 5.60. The van der Waals surface area contributed by atoms with Crippen LogP contribution >= 0.6 is 0 Å². The molecule has 1 aromatic heterocycles. The van der Waals surface area contributed by atoms with Crippen LogP contribution in [0.15, 0.2) is 30.6 Å². The summed E-state index contributed by atoms with van der Waals surface area (Å²) in [5, 5.41) is 0. The second-order valence-corrected chi connectivity index (χ2v) is 4.15. The second kappa shape index (κ2) is 5.00. The van der Waals surface area contributed by atoms with Crippen LogP contribution in [0.25, 0.3) is 11.3 Å². The zero-order chi connectivity index (χ0) is 13.1. The fourth-order valence-corrected chi connectivity index (χ4v) is 1.47. The second-order valence-electron chi connectivity index (χ2n) is 4.15. The van der Waals surface area contributed by atoms with Crippen LogP contribution in [0.3, 0.4) is 0 Å². The first kappa shape index (κ1) is 12.3. The molecular formula is C13H14FN3O. The van der Waals surface area contributed by atoms with E-state index < -0.39 is 5.82 Å². The van der Waals surface area contributed by atoms with Crippen LogP contribution in [-0.2, 0) is 0 Å². The Hall–Kier alpha value is -2.17. The first-order chi connectivity index (χ1) is 8.56. The van der Waals surface area contributed by atoms with Crippen molar-refractivity contribution in [3.63, 3.8) is 0 Å². The molecule has 94 valence electrons. The predicted molar refractivity (Wildman–Crippen MR) is 67.6 cm³/mol. The Morgan fingerprint density at radius 3 is 2.72 bits per heavy atom. The lowest BCUT2D eigenvalue weighted by Crippen LogP contribution is -2.07. The largest absolute Gasteiger partial charge is 0.474 e. The Kier molecular flexibility index (Phi) is 3.41. The molecule has 0 aliphatic heterocycles. The molecule has 0 fully saturated rings. The van der Waals surface area contributed by atoms with E-state index in [4.69, 9.17) is 10.5 Å². The van der Waals surface area contributed by atoms with Crippen molar-refractivity contribution >= 4 is 5.69 Å². The van der Waals surface area contributed by atoms with Crippen LogP contribution in [0.5, 0.6) is 5.88 Å². The van der Waals surface area contributed by atoms with Crippen molar-refractivity contribution in [3.8, 4) is 17.1 Å². The molecule has 5 heteroatoms. The summed E-state index contributed by atoms with van der Waals surface area (Å²) in [4.78, 5) is 8.29. The summed E-state index contributed by atoms with van der Waals surface area (Å²) in [6.07, 6.45) is 3.09. The number of anilines is 1. The standard InChI is InChI=1S/C13H14FN3O/c1-8(2)18-13-7-16-6-12(17-13)9-3-4-11(15)10(14)5-9/h3-8H,15H2,1-2H3. The third-order valence-electron chi connectivity index (χ3n) is 2.27. The Morgan fingerprint density at radius 2 is 2.06 bits per heavy atom. The van der Waals surface area contributed by atoms with Crippen molar-refractivity contribution in [1.82, 2.24) is 9.97 Å². The highest BCUT2D eigenvalue weighted by Crippen LogP contribution is 2.22. The number of hydrogen-bond acceptors (Lipinski definition) is 4. The quantitative estimate of drug-likeness (QED) is 0.847. The van der Waals surface area contributed by atoms with Crippen molar-refractivity contribution < 1.29 is 9.13 Å². The fourth-order valence-electron chi connectivity index (χ4n) is 1.47. The highest BCUT2D eigenvalue weighted by Gasteiger charge is 2.06. The predicted octanol–water partition coefficient (Wildman–Crippen LogP) is 2.65. The Bertz CT molecular complexity index is 558. The highest BCUT2D eigenvalue weighted by molar-refractivity contribution is 5.61. The van der Waals surface area contributed by atoms with Gasteiger partial charge in [0.1, 0.15) is 5.82 Å². The molecule has 0 aliphatic rings. The molecule has 0 amide bonds. The van der Waals surface area contributed by atoms with Gasteiger partial charge in [-0.15, -0.1) is 0 Å². The van der Waals surface area contributed by atoms with E-state index >= 15 is 0 Å². The summed E-state index contributed by atoms with van der Waals surface area (Å²) < 4.78 is 18.8. The van der Waals surface area contributed by atoms with Crippen LogP contribution in [-0.4, -0.2) is 16.1 Å². The Balaban J connectivity index is 2.35. The topological polar surface area (TPSA) is 61.0 Å². The molecule has 4 nitrogen and oxygen atoms in total. The molecule has 18 heavy (non-hydrogen) atoms. The smallest absolute Gasteiger partial charge is 0.233 e. The molecule has 0 saturated heterocycles. The number of nitrogen functional groups attached to an aromatic ring is 1. The lowest BCUT2D eigenvalue weighted by Gasteiger charge is -2.09.